The van der Waals surface area contributed by atoms with Crippen LogP contribution in [0, 0.1) is 13.8 Å². The van der Waals surface area contributed by atoms with Gasteiger partial charge in [0.25, 0.3) is 0 Å². The van der Waals surface area contributed by atoms with Gasteiger partial charge in [-0.25, -0.2) is 0 Å². The summed E-state index contributed by atoms with van der Waals surface area (Å²) in [5, 5.41) is 1.09. The number of benzene rings is 2. The quantitative estimate of drug-likeness (QED) is 0.418. The van der Waals surface area contributed by atoms with E-state index >= 15 is 0 Å². The summed E-state index contributed by atoms with van der Waals surface area (Å²) in [5.74, 6) is 0.890. The van der Waals surface area contributed by atoms with Gasteiger partial charge in [0, 0.05) is 40.4 Å². The van der Waals surface area contributed by atoms with E-state index in [1.54, 1.807) is 6.20 Å². The number of rotatable bonds is 5. The van der Waals surface area contributed by atoms with Gasteiger partial charge in [-0.05, 0) is 75.4 Å². The first kappa shape index (κ1) is 18.0. The molecule has 4 heteroatoms. The summed E-state index contributed by atoms with van der Waals surface area (Å²) in [7, 11) is 0. The SMILES string of the molecule is CCOc1ccc(-n2c(C)cc(C=Nc3ccc4ncccc4c3)c2C)cc1. The van der Waals surface area contributed by atoms with Crippen LogP contribution in [0.1, 0.15) is 23.9 Å². The lowest BCUT2D eigenvalue weighted by atomic mass is 10.2. The van der Waals surface area contributed by atoms with E-state index in [1.807, 2.05) is 43.5 Å². The fraction of sp³-hybridized carbons (Fsp3) is 0.167. The Kier molecular flexibility index (Phi) is 4.94. The third-order valence-corrected chi connectivity index (χ3v) is 4.82. The summed E-state index contributed by atoms with van der Waals surface area (Å²) >= 11 is 0. The lowest BCUT2D eigenvalue weighted by molar-refractivity contribution is 0.340. The van der Waals surface area contributed by atoms with E-state index in [2.05, 4.69) is 58.7 Å². The molecule has 2 aromatic heterocycles. The molecular weight excluding hydrogens is 346 g/mol. The lowest BCUT2D eigenvalue weighted by Crippen LogP contribution is -2.00. The maximum Gasteiger partial charge on any atom is 0.119 e. The molecule has 0 N–H and O–H groups in total. The zero-order valence-corrected chi connectivity index (χ0v) is 16.4. The Hall–Kier alpha value is -3.40. The minimum Gasteiger partial charge on any atom is -0.494 e. The van der Waals surface area contributed by atoms with E-state index < -0.39 is 0 Å². The van der Waals surface area contributed by atoms with Crippen molar-refractivity contribution in [1.82, 2.24) is 9.55 Å². The van der Waals surface area contributed by atoms with Crippen LogP contribution in [0.3, 0.4) is 0 Å². The number of aryl methyl sites for hydroxylation is 1. The molecule has 2 aromatic carbocycles. The zero-order valence-electron chi connectivity index (χ0n) is 16.4. The monoisotopic (exact) mass is 369 g/mol. The van der Waals surface area contributed by atoms with Crippen molar-refractivity contribution in [1.29, 1.82) is 0 Å². The standard InChI is InChI=1S/C24H23N3O/c1-4-28-23-10-8-22(9-11-23)27-17(2)14-20(18(27)3)16-26-21-7-12-24-19(15-21)6-5-13-25-24/h5-16H,4H2,1-3H3. The summed E-state index contributed by atoms with van der Waals surface area (Å²) in [4.78, 5) is 9.04. The van der Waals surface area contributed by atoms with Crippen LogP contribution < -0.4 is 4.74 Å². The summed E-state index contributed by atoms with van der Waals surface area (Å²) in [6.45, 7) is 6.90. The molecule has 2 heterocycles. The van der Waals surface area contributed by atoms with Crippen LogP contribution >= 0.6 is 0 Å². The molecule has 140 valence electrons. The molecule has 0 spiro atoms. The van der Waals surface area contributed by atoms with Gasteiger partial charge in [0.2, 0.25) is 0 Å². The highest BCUT2D eigenvalue weighted by Gasteiger charge is 2.09. The van der Waals surface area contributed by atoms with Crippen LogP contribution in [0.5, 0.6) is 5.75 Å². The molecule has 0 saturated carbocycles. The molecule has 0 saturated heterocycles. The maximum absolute atomic E-state index is 5.55. The Morgan fingerprint density at radius 2 is 1.86 bits per heavy atom. The second kappa shape index (κ2) is 7.69. The number of ether oxygens (including phenoxy) is 1. The van der Waals surface area contributed by atoms with Gasteiger partial charge >= 0.3 is 0 Å². The van der Waals surface area contributed by atoms with Crippen molar-refractivity contribution in [2.24, 2.45) is 4.99 Å². The molecule has 4 rings (SSSR count). The molecule has 28 heavy (non-hydrogen) atoms. The minimum absolute atomic E-state index is 0.673. The minimum atomic E-state index is 0.673. The highest BCUT2D eigenvalue weighted by Crippen LogP contribution is 2.24. The van der Waals surface area contributed by atoms with Crippen LogP contribution in [0.2, 0.25) is 0 Å². The summed E-state index contributed by atoms with van der Waals surface area (Å²) in [5.41, 5.74) is 6.47. The number of aromatic nitrogens is 2. The van der Waals surface area contributed by atoms with Crippen LogP contribution in [0.25, 0.3) is 16.6 Å². The fourth-order valence-corrected chi connectivity index (χ4v) is 3.46. The van der Waals surface area contributed by atoms with E-state index in [0.29, 0.717) is 6.61 Å². The predicted octanol–water partition coefficient (Wildman–Crippen LogP) is 5.79. The number of hydrogen-bond donors (Lipinski definition) is 0. The highest BCUT2D eigenvalue weighted by molar-refractivity contribution is 5.87. The van der Waals surface area contributed by atoms with Gasteiger partial charge in [0.05, 0.1) is 17.8 Å². The number of aliphatic imine (C=N–C) groups is 1. The van der Waals surface area contributed by atoms with Crippen molar-refractivity contribution in [2.75, 3.05) is 6.61 Å². The highest BCUT2D eigenvalue weighted by atomic mass is 16.5. The molecule has 4 aromatic rings. The van der Waals surface area contributed by atoms with Crippen molar-refractivity contribution in [3.05, 3.63) is 83.8 Å². The molecule has 0 amide bonds. The second-order valence-electron chi connectivity index (χ2n) is 6.73. The molecule has 0 radical (unpaired) electrons. The van der Waals surface area contributed by atoms with Gasteiger partial charge in [0.15, 0.2) is 0 Å². The Morgan fingerprint density at radius 1 is 1.04 bits per heavy atom. The topological polar surface area (TPSA) is 39.4 Å². The van der Waals surface area contributed by atoms with E-state index in [0.717, 1.165) is 39.3 Å². The summed E-state index contributed by atoms with van der Waals surface area (Å²) in [6, 6.07) is 20.4. The molecule has 0 aliphatic carbocycles. The molecular formula is C24H23N3O. The number of fused-ring (bicyclic) bond motifs is 1. The molecule has 4 nitrogen and oxygen atoms in total. The van der Waals surface area contributed by atoms with E-state index in [1.165, 1.54) is 5.69 Å². The number of pyridine rings is 1. The lowest BCUT2D eigenvalue weighted by Gasteiger charge is -2.11. The Morgan fingerprint density at radius 3 is 2.64 bits per heavy atom. The Balaban J connectivity index is 1.63. The van der Waals surface area contributed by atoms with Crippen molar-refractivity contribution >= 4 is 22.8 Å². The first-order chi connectivity index (χ1) is 13.7. The molecule has 0 atom stereocenters. The van der Waals surface area contributed by atoms with Gasteiger partial charge in [-0.2, -0.15) is 0 Å². The normalized spacial score (nSPS) is 11.4. The smallest absolute Gasteiger partial charge is 0.119 e. The van der Waals surface area contributed by atoms with Crippen LogP contribution in [-0.4, -0.2) is 22.4 Å². The third-order valence-electron chi connectivity index (χ3n) is 4.82. The van der Waals surface area contributed by atoms with Crippen molar-refractivity contribution in [3.63, 3.8) is 0 Å². The van der Waals surface area contributed by atoms with E-state index in [4.69, 9.17) is 4.74 Å². The van der Waals surface area contributed by atoms with Crippen LogP contribution in [0.15, 0.2) is 71.9 Å². The average molecular weight is 369 g/mol. The van der Waals surface area contributed by atoms with Crippen LogP contribution in [0.4, 0.5) is 5.69 Å². The number of hydrogen-bond acceptors (Lipinski definition) is 3. The van der Waals surface area contributed by atoms with Crippen molar-refractivity contribution in [3.8, 4) is 11.4 Å². The Bertz CT molecular complexity index is 1140. The summed E-state index contributed by atoms with van der Waals surface area (Å²) < 4.78 is 7.78. The van der Waals surface area contributed by atoms with Crippen LogP contribution in [-0.2, 0) is 0 Å². The van der Waals surface area contributed by atoms with E-state index in [9.17, 15) is 0 Å². The van der Waals surface area contributed by atoms with Gasteiger partial charge in [-0.3, -0.25) is 9.98 Å². The average Bonchev–Trinajstić information content (AvgIpc) is 3.00. The molecule has 0 aliphatic heterocycles. The zero-order chi connectivity index (χ0) is 19.5. The molecule has 0 aliphatic rings. The molecule has 0 fully saturated rings. The molecule has 0 unspecified atom stereocenters. The largest absolute Gasteiger partial charge is 0.494 e. The van der Waals surface area contributed by atoms with Gasteiger partial charge in [-0.1, -0.05) is 6.07 Å². The van der Waals surface area contributed by atoms with Gasteiger partial charge in [0.1, 0.15) is 5.75 Å². The first-order valence-electron chi connectivity index (χ1n) is 9.47. The third kappa shape index (κ3) is 3.54. The predicted molar refractivity (Wildman–Crippen MR) is 115 cm³/mol. The van der Waals surface area contributed by atoms with Crippen molar-refractivity contribution < 1.29 is 4.74 Å². The summed E-state index contributed by atoms with van der Waals surface area (Å²) in [6.07, 6.45) is 3.74. The second-order valence-corrected chi connectivity index (χ2v) is 6.73. The van der Waals surface area contributed by atoms with Gasteiger partial charge in [-0.15, -0.1) is 0 Å². The van der Waals surface area contributed by atoms with E-state index in [-0.39, 0.29) is 0 Å². The first-order valence-corrected chi connectivity index (χ1v) is 9.47. The Labute approximate surface area is 165 Å². The maximum atomic E-state index is 5.55. The van der Waals surface area contributed by atoms with Crippen molar-refractivity contribution in [2.45, 2.75) is 20.8 Å². The van der Waals surface area contributed by atoms with Gasteiger partial charge < -0.3 is 9.30 Å². The number of nitrogens with zero attached hydrogens (tertiary/aromatic N) is 3. The molecule has 0 bridgehead atoms. The fourth-order valence-electron chi connectivity index (χ4n) is 3.46.